The maximum Gasteiger partial charge on any atom is 0.416 e. The first-order chi connectivity index (χ1) is 15.2. The number of aromatic nitrogens is 2. The number of amides is 1. The van der Waals surface area contributed by atoms with Gasteiger partial charge in [-0.3, -0.25) is 4.79 Å². The monoisotopic (exact) mass is 443 g/mol. The molecule has 2 aromatic heterocycles. The number of halogens is 4. The lowest BCUT2D eigenvalue weighted by Gasteiger charge is -2.12. The van der Waals surface area contributed by atoms with Crippen molar-refractivity contribution in [2.24, 2.45) is 5.73 Å². The second-order valence-corrected chi connectivity index (χ2v) is 7.06. The summed E-state index contributed by atoms with van der Waals surface area (Å²) in [5.74, 6) is -1.29. The van der Waals surface area contributed by atoms with Gasteiger partial charge < -0.3 is 15.0 Å². The van der Waals surface area contributed by atoms with E-state index in [1.165, 1.54) is 42.1 Å². The van der Waals surface area contributed by atoms with Crippen LogP contribution in [0.1, 0.15) is 21.6 Å². The summed E-state index contributed by atoms with van der Waals surface area (Å²) in [5.41, 5.74) is 5.68. The van der Waals surface area contributed by atoms with Gasteiger partial charge in [-0.2, -0.15) is 13.2 Å². The van der Waals surface area contributed by atoms with E-state index in [0.29, 0.717) is 5.56 Å². The quantitative estimate of drug-likeness (QED) is 0.441. The van der Waals surface area contributed by atoms with Crippen LogP contribution >= 0.6 is 0 Å². The Morgan fingerprint density at radius 3 is 2.53 bits per heavy atom. The van der Waals surface area contributed by atoms with Crippen LogP contribution in [0, 0.1) is 5.82 Å². The van der Waals surface area contributed by atoms with E-state index in [1.54, 1.807) is 18.2 Å². The molecule has 0 fully saturated rings. The molecule has 9 heteroatoms. The zero-order valence-corrected chi connectivity index (χ0v) is 16.8. The smallest absolute Gasteiger partial charge is 0.416 e. The van der Waals surface area contributed by atoms with E-state index in [9.17, 15) is 22.4 Å². The highest BCUT2D eigenvalue weighted by molar-refractivity contribution is 6.10. The Bertz CT molecular complexity index is 1330. The van der Waals surface area contributed by atoms with Crippen molar-refractivity contribution in [2.45, 2.75) is 12.7 Å². The van der Waals surface area contributed by atoms with Gasteiger partial charge in [-0.05, 0) is 36.4 Å². The fourth-order valence-electron chi connectivity index (χ4n) is 3.76. The van der Waals surface area contributed by atoms with Crippen molar-refractivity contribution in [3.8, 4) is 17.0 Å². The number of hydrogen-bond donors (Lipinski definition) is 1. The molecular formula is C23H17F4N3O2. The number of alkyl halides is 3. The predicted molar refractivity (Wildman–Crippen MR) is 111 cm³/mol. The third kappa shape index (κ3) is 3.66. The first kappa shape index (κ1) is 21.4. The van der Waals surface area contributed by atoms with Crippen molar-refractivity contribution in [3.05, 3.63) is 83.4 Å². The maximum absolute atomic E-state index is 14.4. The molecule has 0 aliphatic rings. The summed E-state index contributed by atoms with van der Waals surface area (Å²) in [6, 6.07) is 12.2. The van der Waals surface area contributed by atoms with Gasteiger partial charge in [0.2, 0.25) is 5.88 Å². The molecule has 2 aromatic carbocycles. The van der Waals surface area contributed by atoms with E-state index >= 15 is 0 Å². The van der Waals surface area contributed by atoms with Crippen LogP contribution in [0.3, 0.4) is 0 Å². The van der Waals surface area contributed by atoms with Gasteiger partial charge in [0.25, 0.3) is 5.91 Å². The van der Waals surface area contributed by atoms with Gasteiger partial charge in [0.05, 0.1) is 19.2 Å². The van der Waals surface area contributed by atoms with E-state index in [1.807, 2.05) is 0 Å². The highest BCUT2D eigenvalue weighted by Crippen LogP contribution is 2.41. The largest absolute Gasteiger partial charge is 0.481 e. The molecule has 0 spiro atoms. The van der Waals surface area contributed by atoms with Crippen molar-refractivity contribution in [1.82, 2.24) is 9.55 Å². The minimum absolute atomic E-state index is 0.0751. The van der Waals surface area contributed by atoms with Crippen LogP contribution in [0.25, 0.3) is 22.0 Å². The summed E-state index contributed by atoms with van der Waals surface area (Å²) in [5, 5.41) is 0.122. The molecule has 164 valence electrons. The Balaban J connectivity index is 2.11. The van der Waals surface area contributed by atoms with Gasteiger partial charge in [0.1, 0.15) is 11.5 Å². The third-order valence-corrected chi connectivity index (χ3v) is 5.14. The lowest BCUT2D eigenvalue weighted by atomic mass is 10.0. The molecule has 0 saturated carbocycles. The van der Waals surface area contributed by atoms with Gasteiger partial charge in [-0.15, -0.1) is 0 Å². The molecule has 0 saturated heterocycles. The van der Waals surface area contributed by atoms with Crippen molar-refractivity contribution < 1.29 is 27.1 Å². The number of nitrogens with zero attached hydrogens (tertiary/aromatic N) is 2. The van der Waals surface area contributed by atoms with Gasteiger partial charge >= 0.3 is 6.18 Å². The molecule has 2 heterocycles. The van der Waals surface area contributed by atoms with Crippen LogP contribution in [0.15, 0.2) is 60.8 Å². The average Bonchev–Trinajstić information content (AvgIpc) is 3.08. The molecule has 0 bridgehead atoms. The number of carbonyl (C=O) groups is 1. The number of nitrogens with two attached hydrogens (primary N) is 1. The molecule has 0 aliphatic carbocycles. The summed E-state index contributed by atoms with van der Waals surface area (Å²) in [7, 11) is 1.36. The van der Waals surface area contributed by atoms with E-state index < -0.39 is 23.5 Å². The minimum Gasteiger partial charge on any atom is -0.481 e. The number of carbonyl (C=O) groups excluding carboxylic acids is 1. The predicted octanol–water partition coefficient (Wildman–Crippen LogP) is 5.02. The summed E-state index contributed by atoms with van der Waals surface area (Å²) in [6.45, 7) is -0.116. The SMILES string of the molecule is COc1ncccc1-c1c(C(N)=O)n(Cc2ccccc2F)c2ccc(C(F)(F)F)cc12. The Labute approximate surface area is 180 Å². The van der Waals surface area contributed by atoms with Crippen LogP contribution in [0.4, 0.5) is 17.6 Å². The van der Waals surface area contributed by atoms with E-state index in [0.717, 1.165) is 12.1 Å². The Kier molecular flexibility index (Phi) is 5.33. The normalized spacial score (nSPS) is 11.7. The number of rotatable bonds is 5. The zero-order valence-electron chi connectivity index (χ0n) is 16.8. The lowest BCUT2D eigenvalue weighted by Crippen LogP contribution is -2.19. The number of benzene rings is 2. The number of methoxy groups -OCH3 is 1. The fraction of sp³-hybridized carbons (Fsp3) is 0.130. The van der Waals surface area contributed by atoms with E-state index in [2.05, 4.69) is 4.98 Å². The molecule has 4 rings (SSSR count). The van der Waals surface area contributed by atoms with Crippen LogP contribution in [0.5, 0.6) is 5.88 Å². The fourth-order valence-corrected chi connectivity index (χ4v) is 3.76. The summed E-state index contributed by atoms with van der Waals surface area (Å²) < 4.78 is 61.5. The molecule has 2 N–H and O–H groups in total. The van der Waals surface area contributed by atoms with Crippen molar-refractivity contribution in [2.75, 3.05) is 7.11 Å². The Morgan fingerprint density at radius 2 is 1.88 bits per heavy atom. The van der Waals surface area contributed by atoms with Crippen LogP contribution in [-0.4, -0.2) is 22.6 Å². The van der Waals surface area contributed by atoms with E-state index in [-0.39, 0.29) is 40.1 Å². The topological polar surface area (TPSA) is 70.1 Å². The van der Waals surface area contributed by atoms with Crippen molar-refractivity contribution in [3.63, 3.8) is 0 Å². The number of primary amides is 1. The second kappa shape index (κ2) is 7.99. The molecule has 0 atom stereocenters. The van der Waals surface area contributed by atoms with Crippen LogP contribution in [0.2, 0.25) is 0 Å². The van der Waals surface area contributed by atoms with Gasteiger partial charge in [-0.25, -0.2) is 9.37 Å². The molecule has 0 unspecified atom stereocenters. The zero-order chi connectivity index (χ0) is 23.0. The molecular weight excluding hydrogens is 426 g/mol. The maximum atomic E-state index is 14.4. The lowest BCUT2D eigenvalue weighted by molar-refractivity contribution is -0.137. The van der Waals surface area contributed by atoms with Gasteiger partial charge in [0.15, 0.2) is 0 Å². The highest BCUT2D eigenvalue weighted by Gasteiger charge is 2.33. The van der Waals surface area contributed by atoms with E-state index in [4.69, 9.17) is 10.5 Å². The van der Waals surface area contributed by atoms with Crippen molar-refractivity contribution in [1.29, 1.82) is 0 Å². The first-order valence-electron chi connectivity index (χ1n) is 9.48. The Morgan fingerprint density at radius 1 is 1.12 bits per heavy atom. The molecule has 0 aliphatic heterocycles. The summed E-state index contributed by atoms with van der Waals surface area (Å²) >= 11 is 0. The molecule has 32 heavy (non-hydrogen) atoms. The number of ether oxygens (including phenoxy) is 1. The van der Waals surface area contributed by atoms with Crippen LogP contribution in [-0.2, 0) is 12.7 Å². The standard InChI is InChI=1S/C23H17F4N3O2/c1-32-22-15(6-4-10-29-22)19-16-11-14(23(25,26)27)8-9-18(16)30(20(19)21(28)31)12-13-5-2-3-7-17(13)24/h2-11H,12H2,1H3,(H2,28,31). The first-order valence-corrected chi connectivity index (χ1v) is 9.48. The average molecular weight is 443 g/mol. The number of hydrogen-bond acceptors (Lipinski definition) is 3. The van der Waals surface area contributed by atoms with Crippen LogP contribution < -0.4 is 10.5 Å². The van der Waals surface area contributed by atoms with Gasteiger partial charge in [0, 0.05) is 33.8 Å². The third-order valence-electron chi connectivity index (χ3n) is 5.14. The second-order valence-electron chi connectivity index (χ2n) is 7.06. The Hall–Kier alpha value is -3.88. The highest BCUT2D eigenvalue weighted by atomic mass is 19.4. The number of pyridine rings is 1. The number of fused-ring (bicyclic) bond motifs is 1. The molecule has 1 amide bonds. The molecule has 5 nitrogen and oxygen atoms in total. The minimum atomic E-state index is -4.61. The molecule has 0 radical (unpaired) electrons. The molecule has 4 aromatic rings. The van der Waals surface area contributed by atoms with Crippen molar-refractivity contribution >= 4 is 16.8 Å². The summed E-state index contributed by atoms with van der Waals surface area (Å²) in [6.07, 6.45) is -3.16. The summed E-state index contributed by atoms with van der Waals surface area (Å²) in [4.78, 5) is 16.7. The van der Waals surface area contributed by atoms with Gasteiger partial charge in [-0.1, -0.05) is 18.2 Å².